The number of carbonyl (C=O) groups is 1. The second-order valence-electron chi connectivity index (χ2n) is 6.57. The van der Waals surface area contributed by atoms with Crippen molar-refractivity contribution in [2.75, 3.05) is 0 Å². The van der Waals surface area contributed by atoms with Crippen molar-refractivity contribution in [2.24, 2.45) is 7.05 Å². The predicted octanol–water partition coefficient (Wildman–Crippen LogP) is 1.53. The van der Waals surface area contributed by atoms with E-state index in [9.17, 15) is 13.2 Å². The minimum Gasteiger partial charge on any atom is -0.349 e. The van der Waals surface area contributed by atoms with Crippen LogP contribution in [0.5, 0.6) is 0 Å². The maximum atomic E-state index is 12.7. The Morgan fingerprint density at radius 2 is 2.04 bits per heavy atom. The van der Waals surface area contributed by atoms with E-state index in [0.717, 1.165) is 25.7 Å². The van der Waals surface area contributed by atoms with Crippen LogP contribution >= 0.6 is 0 Å². The summed E-state index contributed by atoms with van der Waals surface area (Å²) in [5, 5.41) is 6.91. The molecule has 140 valence electrons. The van der Waals surface area contributed by atoms with Crippen LogP contribution in [0.3, 0.4) is 0 Å². The summed E-state index contributed by atoms with van der Waals surface area (Å²) in [7, 11) is -2.10. The average Bonchev–Trinajstić information content (AvgIpc) is 3.26. The molecule has 9 heteroatoms. The number of benzene rings is 1. The zero-order valence-corrected chi connectivity index (χ0v) is 15.7. The summed E-state index contributed by atoms with van der Waals surface area (Å²) in [6.45, 7) is 1.69. The van der Waals surface area contributed by atoms with Crippen LogP contribution in [0.25, 0.3) is 0 Å². The van der Waals surface area contributed by atoms with Gasteiger partial charge in [-0.15, -0.1) is 0 Å². The van der Waals surface area contributed by atoms with Crippen molar-refractivity contribution >= 4 is 15.9 Å². The smallest absolute Gasteiger partial charge is 0.251 e. The molecule has 1 aromatic heterocycles. The van der Waals surface area contributed by atoms with Crippen LogP contribution < -0.4 is 10.0 Å². The Kier molecular flexibility index (Phi) is 5.38. The molecule has 1 amide bonds. The van der Waals surface area contributed by atoms with Crippen LogP contribution in [0.1, 0.15) is 54.8 Å². The molecule has 0 radical (unpaired) electrons. The van der Waals surface area contributed by atoms with E-state index < -0.39 is 16.1 Å². The molecule has 1 aromatic carbocycles. The Morgan fingerprint density at radius 3 is 2.69 bits per heavy atom. The molecular formula is C17H23N5O3S. The quantitative estimate of drug-likeness (QED) is 0.794. The molecule has 1 aliphatic carbocycles. The Bertz CT molecular complexity index is 887. The number of hydrogen-bond donors (Lipinski definition) is 2. The van der Waals surface area contributed by atoms with Gasteiger partial charge in [0.1, 0.15) is 12.2 Å². The first kappa shape index (κ1) is 18.5. The first-order valence-electron chi connectivity index (χ1n) is 8.64. The van der Waals surface area contributed by atoms with Gasteiger partial charge in [-0.3, -0.25) is 9.48 Å². The van der Waals surface area contributed by atoms with E-state index in [-0.39, 0.29) is 16.8 Å². The third-order valence-electron chi connectivity index (χ3n) is 4.56. The van der Waals surface area contributed by atoms with E-state index in [1.807, 2.05) is 0 Å². The molecule has 0 saturated heterocycles. The van der Waals surface area contributed by atoms with Crippen molar-refractivity contribution in [1.82, 2.24) is 24.8 Å². The van der Waals surface area contributed by atoms with Gasteiger partial charge in [-0.2, -0.15) is 5.10 Å². The second-order valence-corrected chi connectivity index (χ2v) is 8.28. The van der Waals surface area contributed by atoms with E-state index in [4.69, 9.17) is 0 Å². The lowest BCUT2D eigenvalue weighted by Gasteiger charge is -2.15. The van der Waals surface area contributed by atoms with Crippen molar-refractivity contribution in [2.45, 2.75) is 49.6 Å². The van der Waals surface area contributed by atoms with Gasteiger partial charge >= 0.3 is 0 Å². The van der Waals surface area contributed by atoms with E-state index >= 15 is 0 Å². The van der Waals surface area contributed by atoms with Crippen LogP contribution in [-0.2, 0) is 17.1 Å². The van der Waals surface area contributed by atoms with Crippen molar-refractivity contribution in [3.8, 4) is 0 Å². The SMILES string of the molecule is C[C@@H](NS(=O)(=O)c1cccc(C(=O)NC2CCCC2)c1)c1ncnn1C. The van der Waals surface area contributed by atoms with Crippen LogP contribution in [0, 0.1) is 0 Å². The minimum absolute atomic E-state index is 0.0468. The summed E-state index contributed by atoms with van der Waals surface area (Å²) in [5.74, 6) is 0.263. The largest absolute Gasteiger partial charge is 0.349 e. The molecule has 0 aliphatic heterocycles. The Hall–Kier alpha value is -2.26. The molecule has 0 unspecified atom stereocenters. The molecule has 1 saturated carbocycles. The number of aromatic nitrogens is 3. The van der Waals surface area contributed by atoms with Crippen LogP contribution in [0.4, 0.5) is 0 Å². The molecular weight excluding hydrogens is 354 g/mol. The Morgan fingerprint density at radius 1 is 1.31 bits per heavy atom. The molecule has 26 heavy (non-hydrogen) atoms. The summed E-state index contributed by atoms with van der Waals surface area (Å²) < 4.78 is 29.4. The first-order chi connectivity index (χ1) is 12.4. The highest BCUT2D eigenvalue weighted by molar-refractivity contribution is 7.89. The molecule has 1 fully saturated rings. The summed E-state index contributed by atoms with van der Waals surface area (Å²) in [5.41, 5.74) is 0.339. The third kappa shape index (κ3) is 4.10. The Labute approximate surface area is 153 Å². The van der Waals surface area contributed by atoms with E-state index in [0.29, 0.717) is 11.4 Å². The monoisotopic (exact) mass is 377 g/mol. The number of aryl methyl sites for hydroxylation is 1. The molecule has 1 atom stereocenters. The van der Waals surface area contributed by atoms with Gasteiger partial charge < -0.3 is 5.32 Å². The zero-order valence-electron chi connectivity index (χ0n) is 14.8. The Balaban J connectivity index is 1.75. The second kappa shape index (κ2) is 7.55. The highest BCUT2D eigenvalue weighted by Gasteiger charge is 2.23. The van der Waals surface area contributed by atoms with Gasteiger partial charge in [-0.05, 0) is 38.0 Å². The summed E-state index contributed by atoms with van der Waals surface area (Å²) in [6, 6.07) is 5.69. The van der Waals surface area contributed by atoms with Gasteiger partial charge in [0.2, 0.25) is 10.0 Å². The van der Waals surface area contributed by atoms with Crippen LogP contribution in [-0.4, -0.2) is 35.1 Å². The fourth-order valence-electron chi connectivity index (χ4n) is 3.19. The summed E-state index contributed by atoms with van der Waals surface area (Å²) in [6.07, 6.45) is 5.54. The number of rotatable bonds is 6. The molecule has 3 rings (SSSR count). The molecule has 2 N–H and O–H groups in total. The lowest BCUT2D eigenvalue weighted by Crippen LogP contribution is -2.33. The number of carbonyl (C=O) groups excluding carboxylic acids is 1. The fourth-order valence-corrected chi connectivity index (χ4v) is 4.44. The van der Waals surface area contributed by atoms with Crippen LogP contribution in [0.2, 0.25) is 0 Å². The van der Waals surface area contributed by atoms with Gasteiger partial charge in [0, 0.05) is 18.7 Å². The minimum atomic E-state index is -3.80. The van der Waals surface area contributed by atoms with E-state index in [1.165, 1.54) is 23.1 Å². The molecule has 0 spiro atoms. The number of sulfonamides is 1. The normalized spacial score (nSPS) is 16.5. The topological polar surface area (TPSA) is 106 Å². The lowest BCUT2D eigenvalue weighted by atomic mass is 10.2. The van der Waals surface area contributed by atoms with Crippen molar-refractivity contribution in [1.29, 1.82) is 0 Å². The van der Waals surface area contributed by atoms with E-state index in [2.05, 4.69) is 20.1 Å². The fraction of sp³-hybridized carbons (Fsp3) is 0.471. The van der Waals surface area contributed by atoms with Crippen LogP contribution in [0.15, 0.2) is 35.5 Å². The maximum absolute atomic E-state index is 12.7. The number of hydrogen-bond acceptors (Lipinski definition) is 5. The molecule has 0 bridgehead atoms. The van der Waals surface area contributed by atoms with Crippen molar-refractivity contribution < 1.29 is 13.2 Å². The van der Waals surface area contributed by atoms with Gasteiger partial charge in [0.15, 0.2) is 0 Å². The average molecular weight is 377 g/mol. The van der Waals surface area contributed by atoms with Gasteiger partial charge in [-0.1, -0.05) is 18.9 Å². The molecule has 1 aliphatic rings. The van der Waals surface area contributed by atoms with Gasteiger partial charge in [0.05, 0.1) is 10.9 Å². The van der Waals surface area contributed by atoms with Crippen molar-refractivity contribution in [3.05, 3.63) is 42.0 Å². The summed E-state index contributed by atoms with van der Waals surface area (Å²) >= 11 is 0. The molecule has 8 nitrogen and oxygen atoms in total. The number of nitrogens with one attached hydrogen (secondary N) is 2. The number of nitrogens with zero attached hydrogens (tertiary/aromatic N) is 3. The molecule has 1 heterocycles. The summed E-state index contributed by atoms with van der Waals surface area (Å²) in [4.78, 5) is 16.5. The van der Waals surface area contributed by atoms with Crippen molar-refractivity contribution in [3.63, 3.8) is 0 Å². The maximum Gasteiger partial charge on any atom is 0.251 e. The zero-order chi connectivity index (χ0) is 18.7. The number of amides is 1. The predicted molar refractivity (Wildman–Crippen MR) is 95.9 cm³/mol. The first-order valence-corrected chi connectivity index (χ1v) is 10.1. The molecule has 2 aromatic rings. The third-order valence-corrected chi connectivity index (χ3v) is 6.10. The van der Waals surface area contributed by atoms with Gasteiger partial charge in [-0.25, -0.2) is 18.1 Å². The highest BCUT2D eigenvalue weighted by Crippen LogP contribution is 2.19. The van der Waals surface area contributed by atoms with E-state index in [1.54, 1.807) is 26.1 Å². The standard InChI is InChI=1S/C17H23N5O3S/c1-12(16-18-11-19-22(16)2)21-26(24,25)15-9-5-6-13(10-15)17(23)20-14-7-3-4-8-14/h5-6,9-12,14,21H,3-4,7-8H2,1-2H3,(H,20,23)/t12-/m1/s1. The van der Waals surface area contributed by atoms with Gasteiger partial charge in [0.25, 0.3) is 5.91 Å². The highest BCUT2D eigenvalue weighted by atomic mass is 32.2. The lowest BCUT2D eigenvalue weighted by molar-refractivity contribution is 0.0937.